The van der Waals surface area contributed by atoms with Crippen LogP contribution in [0, 0.1) is 46.3 Å². The Bertz CT molecular complexity index is 648. The lowest BCUT2D eigenvalue weighted by Gasteiger charge is -2.53. The van der Waals surface area contributed by atoms with E-state index in [1.54, 1.807) is 0 Å². The summed E-state index contributed by atoms with van der Waals surface area (Å²) in [7, 11) is 0. The van der Waals surface area contributed by atoms with Crippen LogP contribution < -0.4 is 0 Å². The number of rotatable bonds is 8. The molecule has 0 aromatic rings. The molecule has 0 aromatic carbocycles. The minimum atomic E-state index is 0.150. The molecular formula is C30H54O2. The first-order valence-corrected chi connectivity index (χ1v) is 14.2. The van der Waals surface area contributed by atoms with Gasteiger partial charge in [0.2, 0.25) is 0 Å². The van der Waals surface area contributed by atoms with Gasteiger partial charge < -0.3 is 9.47 Å². The molecule has 4 aliphatic carbocycles. The fourth-order valence-electron chi connectivity index (χ4n) is 8.68. The maximum Gasteiger partial charge on any atom is 0.0691 e. The van der Waals surface area contributed by atoms with Gasteiger partial charge in [0, 0.05) is 0 Å². The summed E-state index contributed by atoms with van der Waals surface area (Å²) in [6, 6.07) is 0. The highest BCUT2D eigenvalue weighted by Gasteiger charge is 2.60. The molecule has 8 unspecified atom stereocenters. The predicted octanol–water partition coefficient (Wildman–Crippen LogP) is 8.28. The van der Waals surface area contributed by atoms with E-state index in [-0.39, 0.29) is 5.60 Å². The molecule has 0 amide bonds. The zero-order valence-electron chi connectivity index (χ0n) is 22.9. The van der Waals surface area contributed by atoms with Gasteiger partial charge in [0.25, 0.3) is 0 Å². The van der Waals surface area contributed by atoms with Gasteiger partial charge in [-0.3, -0.25) is 0 Å². The van der Waals surface area contributed by atoms with E-state index in [2.05, 4.69) is 62.3 Å². The smallest absolute Gasteiger partial charge is 0.0691 e. The van der Waals surface area contributed by atoms with Crippen LogP contribution in [0.15, 0.2) is 0 Å². The summed E-state index contributed by atoms with van der Waals surface area (Å²) in [6.07, 6.45) is 13.2. The van der Waals surface area contributed by atoms with Crippen molar-refractivity contribution in [1.29, 1.82) is 0 Å². The van der Waals surface area contributed by atoms with Gasteiger partial charge in [-0.15, -0.1) is 0 Å². The quantitative estimate of drug-likeness (QED) is 0.373. The highest BCUT2D eigenvalue weighted by Crippen LogP contribution is 2.64. The molecule has 0 aromatic heterocycles. The van der Waals surface area contributed by atoms with Gasteiger partial charge in [0.05, 0.1) is 23.9 Å². The van der Waals surface area contributed by atoms with Gasteiger partial charge in [-0.05, 0) is 111 Å². The lowest BCUT2D eigenvalue weighted by Crippen LogP contribution is -2.50. The van der Waals surface area contributed by atoms with E-state index < -0.39 is 0 Å². The molecule has 32 heavy (non-hydrogen) atoms. The maximum atomic E-state index is 7.18. The molecule has 0 heterocycles. The van der Waals surface area contributed by atoms with Crippen LogP contribution in [-0.4, -0.2) is 23.9 Å². The lowest BCUT2D eigenvalue weighted by atomic mass is 9.60. The molecular weight excluding hydrogens is 392 g/mol. The second-order valence-corrected chi connectivity index (χ2v) is 14.5. The third-order valence-corrected chi connectivity index (χ3v) is 10.8. The van der Waals surface area contributed by atoms with Crippen molar-refractivity contribution in [3.8, 4) is 0 Å². The van der Waals surface area contributed by atoms with Crippen molar-refractivity contribution in [2.75, 3.05) is 0 Å². The zero-order chi connectivity index (χ0) is 23.5. The molecule has 0 aliphatic heterocycles. The minimum Gasteiger partial charge on any atom is -0.374 e. The Kier molecular flexibility index (Phi) is 6.92. The second kappa shape index (κ2) is 8.85. The fraction of sp³-hybridized carbons (Fsp3) is 1.00. The molecule has 0 spiro atoms. The Labute approximate surface area is 200 Å². The first kappa shape index (κ1) is 25.0. The van der Waals surface area contributed by atoms with Gasteiger partial charge in [0.15, 0.2) is 0 Å². The summed E-state index contributed by atoms with van der Waals surface area (Å²) in [5.74, 6) is 4.48. The van der Waals surface area contributed by atoms with Crippen molar-refractivity contribution in [3.05, 3.63) is 0 Å². The fourth-order valence-corrected chi connectivity index (χ4v) is 8.68. The molecule has 9 atom stereocenters. The molecule has 0 saturated heterocycles. The van der Waals surface area contributed by atoms with Crippen LogP contribution >= 0.6 is 0 Å². The third-order valence-electron chi connectivity index (χ3n) is 10.8. The predicted molar refractivity (Wildman–Crippen MR) is 135 cm³/mol. The maximum absolute atomic E-state index is 7.18. The van der Waals surface area contributed by atoms with Gasteiger partial charge in [-0.1, -0.05) is 55.4 Å². The Hall–Kier alpha value is -0.0800. The third kappa shape index (κ3) is 4.58. The molecule has 2 heteroatoms. The van der Waals surface area contributed by atoms with E-state index in [1.807, 2.05) is 0 Å². The van der Waals surface area contributed by atoms with Crippen molar-refractivity contribution >= 4 is 0 Å². The Morgan fingerprint density at radius 1 is 0.875 bits per heavy atom. The normalized spacial score (nSPS) is 44.9. The SMILES string of the molecule is CC1CC2CC(O[C@H](C)C(C)C)(CCC2CC(OC2C3(C)CCC(C3)C2(C)C)C(C)C)C1. The number of hydrogen-bond donors (Lipinski definition) is 0. The van der Waals surface area contributed by atoms with E-state index in [9.17, 15) is 0 Å². The van der Waals surface area contributed by atoms with Gasteiger partial charge in [-0.2, -0.15) is 0 Å². The van der Waals surface area contributed by atoms with Crippen LogP contribution in [-0.2, 0) is 9.47 Å². The molecule has 186 valence electrons. The highest BCUT2D eigenvalue weighted by atomic mass is 16.5. The van der Waals surface area contributed by atoms with E-state index in [1.165, 1.54) is 57.8 Å². The van der Waals surface area contributed by atoms with Gasteiger partial charge in [-0.25, -0.2) is 0 Å². The molecule has 4 aliphatic rings. The van der Waals surface area contributed by atoms with Crippen LogP contribution in [0.3, 0.4) is 0 Å². The summed E-state index contributed by atoms with van der Waals surface area (Å²) < 4.78 is 14.0. The molecule has 4 rings (SSSR count). The first-order chi connectivity index (χ1) is 14.9. The lowest BCUT2D eigenvalue weighted by molar-refractivity contribution is -0.177. The molecule has 0 radical (unpaired) electrons. The first-order valence-electron chi connectivity index (χ1n) is 14.2. The topological polar surface area (TPSA) is 18.5 Å². The summed E-state index contributed by atoms with van der Waals surface area (Å²) in [5, 5.41) is 0. The molecule has 4 fully saturated rings. The van der Waals surface area contributed by atoms with Crippen molar-refractivity contribution in [3.63, 3.8) is 0 Å². The van der Waals surface area contributed by atoms with Crippen LogP contribution in [0.25, 0.3) is 0 Å². The Morgan fingerprint density at radius 2 is 1.59 bits per heavy atom. The molecule has 2 nitrogen and oxygen atoms in total. The largest absolute Gasteiger partial charge is 0.374 e. The van der Waals surface area contributed by atoms with E-state index in [0.29, 0.717) is 41.0 Å². The minimum absolute atomic E-state index is 0.150. The number of ether oxygens (including phenoxy) is 2. The zero-order valence-corrected chi connectivity index (χ0v) is 22.9. The van der Waals surface area contributed by atoms with Crippen molar-refractivity contribution in [2.24, 2.45) is 46.3 Å². The van der Waals surface area contributed by atoms with Crippen molar-refractivity contribution in [1.82, 2.24) is 0 Å². The van der Waals surface area contributed by atoms with Gasteiger partial charge >= 0.3 is 0 Å². The summed E-state index contributed by atoms with van der Waals surface area (Å²) >= 11 is 0. The van der Waals surface area contributed by atoms with E-state index in [4.69, 9.17) is 9.47 Å². The molecule has 4 bridgehead atoms. The van der Waals surface area contributed by atoms with E-state index >= 15 is 0 Å². The Morgan fingerprint density at radius 3 is 2.19 bits per heavy atom. The average molecular weight is 447 g/mol. The Balaban J connectivity index is 1.44. The van der Waals surface area contributed by atoms with Crippen LogP contribution in [0.4, 0.5) is 0 Å². The van der Waals surface area contributed by atoms with Crippen LogP contribution in [0.5, 0.6) is 0 Å². The van der Waals surface area contributed by atoms with Crippen molar-refractivity contribution in [2.45, 2.75) is 144 Å². The summed E-state index contributed by atoms with van der Waals surface area (Å²) in [4.78, 5) is 0. The highest BCUT2D eigenvalue weighted by molar-refractivity contribution is 5.10. The number of hydrogen-bond acceptors (Lipinski definition) is 2. The average Bonchev–Trinajstić information content (AvgIpc) is 3.16. The number of fused-ring (bicyclic) bond motifs is 4. The van der Waals surface area contributed by atoms with Crippen molar-refractivity contribution < 1.29 is 9.47 Å². The standard InChI is InChI=1S/C30H54O2/c1-19(2)22(6)32-30-13-10-23(24(17-30)14-21(5)16-30)15-26(20(3)4)31-27-28(7,8)25-11-12-29(27,9)18-25/h19-27H,10-18H2,1-9H3/t21?,22-,23?,24?,25?,26?,27?,29?,30?/m1/s1. The van der Waals surface area contributed by atoms with Crippen LogP contribution in [0.1, 0.15) is 120 Å². The summed E-state index contributed by atoms with van der Waals surface area (Å²) in [5.41, 5.74) is 0.891. The van der Waals surface area contributed by atoms with Crippen LogP contribution in [0.2, 0.25) is 0 Å². The molecule has 0 N–H and O–H groups in total. The summed E-state index contributed by atoms with van der Waals surface area (Å²) in [6.45, 7) is 21.7. The monoisotopic (exact) mass is 446 g/mol. The second-order valence-electron chi connectivity index (χ2n) is 14.5. The van der Waals surface area contributed by atoms with Gasteiger partial charge in [0.1, 0.15) is 0 Å². The van der Waals surface area contributed by atoms with E-state index in [0.717, 1.165) is 23.7 Å². The molecule has 4 saturated carbocycles.